The highest BCUT2D eigenvalue weighted by Crippen LogP contribution is 2.55. The fourth-order valence-electron chi connectivity index (χ4n) is 2.81. The minimum atomic E-state index is 0.0804. The Morgan fingerprint density at radius 2 is 1.78 bits per heavy atom. The summed E-state index contributed by atoms with van der Waals surface area (Å²) in [5, 5.41) is 0. The first-order valence-corrected chi connectivity index (χ1v) is 6.46. The quantitative estimate of drug-likeness (QED) is 0.892. The van der Waals surface area contributed by atoms with Gasteiger partial charge in [-0.1, -0.05) is 0 Å². The average molecular weight is 249 g/mol. The number of rotatable bonds is 4. The van der Waals surface area contributed by atoms with Crippen LogP contribution in [-0.2, 0) is 5.41 Å². The van der Waals surface area contributed by atoms with Gasteiger partial charge in [-0.25, -0.2) is 0 Å². The van der Waals surface area contributed by atoms with Gasteiger partial charge in [-0.2, -0.15) is 0 Å². The zero-order chi connectivity index (χ0) is 13.5. The predicted molar refractivity (Wildman–Crippen MR) is 73.6 cm³/mol. The van der Waals surface area contributed by atoms with Crippen molar-refractivity contribution in [3.8, 4) is 11.5 Å². The summed E-state index contributed by atoms with van der Waals surface area (Å²) < 4.78 is 11.1. The van der Waals surface area contributed by atoms with Gasteiger partial charge < -0.3 is 15.2 Å². The van der Waals surface area contributed by atoms with E-state index in [1.807, 2.05) is 0 Å². The fraction of sp³-hybridized carbons (Fsp3) is 0.600. The minimum absolute atomic E-state index is 0.0804. The second-order valence-corrected chi connectivity index (χ2v) is 5.35. The monoisotopic (exact) mass is 249 g/mol. The number of ether oxygens (including phenoxy) is 2. The van der Waals surface area contributed by atoms with Gasteiger partial charge in [0.15, 0.2) is 0 Å². The van der Waals surface area contributed by atoms with Crippen LogP contribution in [0.15, 0.2) is 6.07 Å². The summed E-state index contributed by atoms with van der Waals surface area (Å²) in [5.41, 5.74) is 9.75. The van der Waals surface area contributed by atoms with Crippen molar-refractivity contribution in [2.24, 2.45) is 5.73 Å². The van der Waals surface area contributed by atoms with Crippen LogP contribution in [0.5, 0.6) is 11.5 Å². The lowest BCUT2D eigenvalue weighted by molar-refractivity contribution is 0.384. The average Bonchev–Trinajstić information content (AvgIpc) is 3.13. The van der Waals surface area contributed by atoms with E-state index in [4.69, 9.17) is 15.2 Å². The van der Waals surface area contributed by atoms with E-state index < -0.39 is 0 Å². The molecule has 0 heterocycles. The predicted octanol–water partition coefficient (Wildman–Crippen LogP) is 2.70. The molecule has 1 aromatic rings. The van der Waals surface area contributed by atoms with E-state index in [9.17, 15) is 0 Å². The molecule has 1 saturated carbocycles. The van der Waals surface area contributed by atoms with E-state index in [1.165, 1.54) is 5.56 Å². The normalized spacial score (nSPS) is 18.3. The Balaban J connectivity index is 2.63. The standard InChI is InChI=1S/C15H23NO2/c1-9-10(2)14(18-5)12(8-13(9)17-4)15(6-7-15)11(3)16/h8,11H,6-7,16H2,1-5H3. The molecular weight excluding hydrogens is 226 g/mol. The largest absolute Gasteiger partial charge is 0.496 e. The molecule has 18 heavy (non-hydrogen) atoms. The molecule has 3 heteroatoms. The molecule has 1 fully saturated rings. The van der Waals surface area contributed by atoms with Crippen LogP contribution in [0.2, 0.25) is 0 Å². The second-order valence-electron chi connectivity index (χ2n) is 5.35. The highest BCUT2D eigenvalue weighted by atomic mass is 16.5. The van der Waals surface area contributed by atoms with Crippen LogP contribution >= 0.6 is 0 Å². The molecule has 1 aliphatic rings. The fourth-order valence-corrected chi connectivity index (χ4v) is 2.81. The van der Waals surface area contributed by atoms with Crippen molar-refractivity contribution < 1.29 is 9.47 Å². The van der Waals surface area contributed by atoms with E-state index in [2.05, 4.69) is 26.8 Å². The van der Waals surface area contributed by atoms with Gasteiger partial charge in [0.25, 0.3) is 0 Å². The number of nitrogens with two attached hydrogens (primary N) is 1. The Morgan fingerprint density at radius 1 is 1.17 bits per heavy atom. The van der Waals surface area contributed by atoms with Gasteiger partial charge in [-0.05, 0) is 50.8 Å². The highest BCUT2D eigenvalue weighted by molar-refractivity contribution is 5.57. The van der Waals surface area contributed by atoms with Crippen LogP contribution in [0.3, 0.4) is 0 Å². The smallest absolute Gasteiger partial charge is 0.126 e. The molecule has 1 aromatic carbocycles. The van der Waals surface area contributed by atoms with Crippen LogP contribution < -0.4 is 15.2 Å². The Bertz CT molecular complexity index is 462. The van der Waals surface area contributed by atoms with Crippen molar-refractivity contribution in [2.75, 3.05) is 14.2 Å². The van der Waals surface area contributed by atoms with Crippen molar-refractivity contribution >= 4 is 0 Å². The summed E-state index contributed by atoms with van der Waals surface area (Å²) in [4.78, 5) is 0. The molecule has 1 atom stereocenters. The summed E-state index contributed by atoms with van der Waals surface area (Å²) in [5.74, 6) is 1.90. The van der Waals surface area contributed by atoms with Crippen LogP contribution in [0.1, 0.15) is 36.5 Å². The molecule has 0 amide bonds. The molecular formula is C15H23NO2. The zero-order valence-corrected chi connectivity index (χ0v) is 12.0. The molecule has 0 radical (unpaired) electrons. The number of benzene rings is 1. The molecule has 2 N–H and O–H groups in total. The Labute approximate surface area is 109 Å². The Hall–Kier alpha value is -1.22. The Kier molecular flexibility index (Phi) is 3.28. The van der Waals surface area contributed by atoms with Crippen LogP contribution in [0, 0.1) is 13.8 Å². The molecule has 1 unspecified atom stereocenters. The highest BCUT2D eigenvalue weighted by Gasteiger charge is 2.49. The summed E-state index contributed by atoms with van der Waals surface area (Å²) in [7, 11) is 3.44. The summed E-state index contributed by atoms with van der Waals surface area (Å²) >= 11 is 0. The Morgan fingerprint density at radius 3 is 2.17 bits per heavy atom. The third-order valence-corrected chi connectivity index (χ3v) is 4.41. The summed E-state index contributed by atoms with van der Waals surface area (Å²) in [6.45, 7) is 6.22. The first kappa shape index (κ1) is 13.2. The number of hydrogen-bond donors (Lipinski definition) is 1. The van der Waals surface area contributed by atoms with E-state index in [0.717, 1.165) is 35.5 Å². The third kappa shape index (κ3) is 1.77. The summed E-state index contributed by atoms with van der Waals surface area (Å²) in [6, 6.07) is 2.25. The van der Waals surface area contributed by atoms with Gasteiger partial charge in [-0.15, -0.1) is 0 Å². The molecule has 0 saturated heterocycles. The molecule has 0 aromatic heterocycles. The van der Waals surface area contributed by atoms with E-state index >= 15 is 0 Å². The maximum absolute atomic E-state index is 6.17. The maximum Gasteiger partial charge on any atom is 0.126 e. The SMILES string of the molecule is COc1cc(C2(C(C)N)CC2)c(OC)c(C)c1C. The first-order chi connectivity index (χ1) is 8.47. The minimum Gasteiger partial charge on any atom is -0.496 e. The van der Waals surface area contributed by atoms with Crippen molar-refractivity contribution in [1.29, 1.82) is 0 Å². The molecule has 0 aliphatic heterocycles. The summed E-state index contributed by atoms with van der Waals surface area (Å²) in [6.07, 6.45) is 2.26. The van der Waals surface area contributed by atoms with Gasteiger partial charge in [-0.3, -0.25) is 0 Å². The van der Waals surface area contributed by atoms with Gasteiger partial charge >= 0.3 is 0 Å². The molecule has 0 spiro atoms. The van der Waals surface area contributed by atoms with Gasteiger partial charge in [0.1, 0.15) is 11.5 Å². The lowest BCUT2D eigenvalue weighted by atomic mass is 9.86. The van der Waals surface area contributed by atoms with E-state index in [0.29, 0.717) is 0 Å². The van der Waals surface area contributed by atoms with Crippen LogP contribution in [-0.4, -0.2) is 20.3 Å². The molecule has 0 bridgehead atoms. The van der Waals surface area contributed by atoms with Crippen molar-refractivity contribution in [2.45, 2.75) is 45.1 Å². The lowest BCUT2D eigenvalue weighted by Gasteiger charge is -2.25. The zero-order valence-electron chi connectivity index (χ0n) is 12.0. The van der Waals surface area contributed by atoms with Gasteiger partial charge in [0.05, 0.1) is 14.2 Å². The lowest BCUT2D eigenvalue weighted by Crippen LogP contribution is -2.32. The second kappa shape index (κ2) is 4.47. The van der Waals surface area contributed by atoms with Crippen molar-refractivity contribution in [1.82, 2.24) is 0 Å². The number of hydrogen-bond acceptors (Lipinski definition) is 3. The third-order valence-electron chi connectivity index (χ3n) is 4.41. The molecule has 3 nitrogen and oxygen atoms in total. The van der Waals surface area contributed by atoms with Crippen LogP contribution in [0.25, 0.3) is 0 Å². The van der Waals surface area contributed by atoms with Gasteiger partial charge in [0.2, 0.25) is 0 Å². The molecule has 2 rings (SSSR count). The molecule has 100 valence electrons. The van der Waals surface area contributed by atoms with Crippen molar-refractivity contribution in [3.05, 3.63) is 22.8 Å². The van der Waals surface area contributed by atoms with E-state index in [1.54, 1.807) is 14.2 Å². The topological polar surface area (TPSA) is 44.5 Å². The number of methoxy groups -OCH3 is 2. The maximum atomic E-state index is 6.17. The first-order valence-electron chi connectivity index (χ1n) is 6.46. The van der Waals surface area contributed by atoms with Gasteiger partial charge in [0, 0.05) is 17.0 Å². The molecule has 1 aliphatic carbocycles. The van der Waals surface area contributed by atoms with E-state index in [-0.39, 0.29) is 11.5 Å². The van der Waals surface area contributed by atoms with Crippen molar-refractivity contribution in [3.63, 3.8) is 0 Å². The van der Waals surface area contributed by atoms with Crippen LogP contribution in [0.4, 0.5) is 0 Å².